The number of carbonyl (C=O) groups excluding carboxylic acids is 2. The van der Waals surface area contributed by atoms with Crippen LogP contribution >= 0.6 is 0 Å². The molecule has 0 unspecified atom stereocenters. The normalized spacial score (nSPS) is 10.8. The Labute approximate surface area is 119 Å². The van der Waals surface area contributed by atoms with Crippen molar-refractivity contribution in [3.63, 3.8) is 0 Å². The Hall–Kier alpha value is -1.54. The van der Waals surface area contributed by atoms with Crippen molar-refractivity contribution in [2.45, 2.75) is 13.3 Å². The van der Waals surface area contributed by atoms with Gasteiger partial charge in [-0.25, -0.2) is 9.59 Å². The van der Waals surface area contributed by atoms with E-state index in [9.17, 15) is 9.59 Å². The van der Waals surface area contributed by atoms with Gasteiger partial charge in [-0.2, -0.15) is 0 Å². The second-order valence-electron chi connectivity index (χ2n) is 4.35. The average Bonchev–Trinajstić information content (AvgIpc) is 2.49. The molecule has 0 aliphatic rings. The van der Waals surface area contributed by atoms with Crippen molar-refractivity contribution in [1.82, 2.24) is 16.0 Å². The molecule has 3 N–H and O–H groups in total. The summed E-state index contributed by atoms with van der Waals surface area (Å²) in [5.41, 5.74) is -0.574. The van der Waals surface area contributed by atoms with E-state index in [1.807, 2.05) is 6.92 Å². The highest BCUT2D eigenvalue weighted by atomic mass is 16.6. The SMILES string of the molecule is CCC(COCNC)(COC(=O)NC)COC(=O)NC. The van der Waals surface area contributed by atoms with Crippen LogP contribution in [-0.4, -0.2) is 59.9 Å². The van der Waals surface area contributed by atoms with Gasteiger partial charge in [-0.05, 0) is 13.5 Å². The van der Waals surface area contributed by atoms with Crippen LogP contribution in [0.3, 0.4) is 0 Å². The summed E-state index contributed by atoms with van der Waals surface area (Å²) in [5.74, 6) is 0. The standard InChI is InChI=1S/C12H25N3O5/c1-5-12(6-18-9-13-2,7-19-10(16)14-3)8-20-11(17)15-4/h13H,5-9H2,1-4H3,(H,14,16)(H,15,17). The van der Waals surface area contributed by atoms with Crippen molar-refractivity contribution in [1.29, 1.82) is 0 Å². The molecule has 0 radical (unpaired) electrons. The number of carbonyl (C=O) groups is 2. The van der Waals surface area contributed by atoms with Gasteiger partial charge in [0, 0.05) is 14.1 Å². The monoisotopic (exact) mass is 291 g/mol. The van der Waals surface area contributed by atoms with Crippen LogP contribution in [0.25, 0.3) is 0 Å². The van der Waals surface area contributed by atoms with E-state index in [2.05, 4.69) is 16.0 Å². The van der Waals surface area contributed by atoms with Crippen LogP contribution in [0.15, 0.2) is 0 Å². The topological polar surface area (TPSA) is 97.9 Å². The first kappa shape index (κ1) is 18.5. The van der Waals surface area contributed by atoms with Gasteiger partial charge in [-0.15, -0.1) is 0 Å². The third kappa shape index (κ3) is 7.15. The molecular formula is C12H25N3O5. The van der Waals surface area contributed by atoms with Gasteiger partial charge in [-0.1, -0.05) is 6.92 Å². The van der Waals surface area contributed by atoms with E-state index in [-0.39, 0.29) is 13.2 Å². The quantitative estimate of drug-likeness (QED) is 0.417. The maximum Gasteiger partial charge on any atom is 0.406 e. The van der Waals surface area contributed by atoms with Crippen molar-refractivity contribution >= 4 is 12.2 Å². The molecular weight excluding hydrogens is 266 g/mol. The van der Waals surface area contributed by atoms with E-state index >= 15 is 0 Å². The van der Waals surface area contributed by atoms with Crippen LogP contribution in [0.1, 0.15) is 13.3 Å². The van der Waals surface area contributed by atoms with E-state index < -0.39 is 17.6 Å². The second kappa shape index (κ2) is 10.3. The molecule has 0 heterocycles. The Balaban J connectivity index is 4.58. The summed E-state index contributed by atoms with van der Waals surface area (Å²) >= 11 is 0. The summed E-state index contributed by atoms with van der Waals surface area (Å²) in [6.45, 7) is 2.79. The molecule has 0 aliphatic carbocycles. The van der Waals surface area contributed by atoms with Gasteiger partial charge >= 0.3 is 12.2 Å². The lowest BCUT2D eigenvalue weighted by Crippen LogP contribution is -2.41. The van der Waals surface area contributed by atoms with Crippen molar-refractivity contribution in [3.05, 3.63) is 0 Å². The molecule has 2 amide bonds. The molecule has 0 saturated heterocycles. The highest BCUT2D eigenvalue weighted by Gasteiger charge is 2.32. The number of hydrogen-bond donors (Lipinski definition) is 3. The lowest BCUT2D eigenvalue weighted by atomic mass is 9.88. The van der Waals surface area contributed by atoms with Crippen molar-refractivity contribution in [3.8, 4) is 0 Å². The summed E-state index contributed by atoms with van der Waals surface area (Å²) in [6.07, 6.45) is -0.433. The molecule has 20 heavy (non-hydrogen) atoms. The number of amides is 2. The zero-order chi connectivity index (χ0) is 15.4. The molecule has 8 nitrogen and oxygen atoms in total. The van der Waals surface area contributed by atoms with Gasteiger partial charge in [0.25, 0.3) is 0 Å². The fraction of sp³-hybridized carbons (Fsp3) is 0.833. The highest BCUT2D eigenvalue weighted by Crippen LogP contribution is 2.24. The van der Waals surface area contributed by atoms with Crippen LogP contribution in [-0.2, 0) is 14.2 Å². The summed E-state index contributed by atoms with van der Waals surface area (Å²) in [6, 6.07) is 0. The number of alkyl carbamates (subject to hydrolysis) is 2. The van der Waals surface area contributed by atoms with Crippen LogP contribution in [0.5, 0.6) is 0 Å². The Bertz CT molecular complexity index is 279. The van der Waals surface area contributed by atoms with E-state index in [1.165, 1.54) is 14.1 Å². The average molecular weight is 291 g/mol. The Kier molecular flexibility index (Phi) is 9.48. The van der Waals surface area contributed by atoms with Crippen LogP contribution in [0.4, 0.5) is 9.59 Å². The molecule has 0 fully saturated rings. The molecule has 118 valence electrons. The van der Waals surface area contributed by atoms with E-state index in [0.29, 0.717) is 19.8 Å². The number of nitrogens with one attached hydrogen (secondary N) is 3. The zero-order valence-corrected chi connectivity index (χ0v) is 12.6. The third-order valence-corrected chi connectivity index (χ3v) is 2.83. The summed E-state index contributed by atoms with van der Waals surface area (Å²) in [7, 11) is 4.72. The Morgan fingerprint density at radius 3 is 1.80 bits per heavy atom. The van der Waals surface area contributed by atoms with Gasteiger partial charge in [0.15, 0.2) is 0 Å². The molecule has 0 aromatic rings. The summed E-state index contributed by atoms with van der Waals surface area (Å²) < 4.78 is 15.6. The van der Waals surface area contributed by atoms with Crippen molar-refractivity contribution in [2.75, 3.05) is 47.7 Å². The summed E-state index contributed by atoms with van der Waals surface area (Å²) in [4.78, 5) is 22.4. The number of ether oxygens (including phenoxy) is 3. The van der Waals surface area contributed by atoms with E-state index in [4.69, 9.17) is 14.2 Å². The van der Waals surface area contributed by atoms with Gasteiger partial charge in [0.2, 0.25) is 0 Å². The minimum absolute atomic E-state index is 0.101. The number of rotatable bonds is 9. The van der Waals surface area contributed by atoms with Crippen LogP contribution < -0.4 is 16.0 Å². The largest absolute Gasteiger partial charge is 0.449 e. The maximum absolute atomic E-state index is 11.2. The first-order valence-corrected chi connectivity index (χ1v) is 6.45. The molecule has 8 heteroatoms. The van der Waals surface area contributed by atoms with Crippen LogP contribution in [0, 0.1) is 5.41 Å². The minimum atomic E-state index is -0.574. The smallest absolute Gasteiger partial charge is 0.406 e. The molecule has 0 aromatic carbocycles. The fourth-order valence-electron chi connectivity index (χ4n) is 1.38. The Morgan fingerprint density at radius 1 is 0.950 bits per heavy atom. The predicted molar refractivity (Wildman–Crippen MR) is 73.4 cm³/mol. The molecule has 0 spiro atoms. The first-order chi connectivity index (χ1) is 9.53. The van der Waals surface area contributed by atoms with Crippen LogP contribution in [0.2, 0.25) is 0 Å². The molecule has 0 rings (SSSR count). The van der Waals surface area contributed by atoms with Gasteiger partial charge in [0.1, 0.15) is 13.2 Å². The van der Waals surface area contributed by atoms with Crippen molar-refractivity contribution < 1.29 is 23.8 Å². The fourth-order valence-corrected chi connectivity index (χ4v) is 1.38. The Morgan fingerprint density at radius 2 is 1.45 bits per heavy atom. The van der Waals surface area contributed by atoms with E-state index in [0.717, 1.165) is 0 Å². The predicted octanol–water partition coefficient (Wildman–Crippen LogP) is 0.288. The lowest BCUT2D eigenvalue weighted by molar-refractivity contribution is -0.0406. The molecule has 0 atom stereocenters. The van der Waals surface area contributed by atoms with Crippen molar-refractivity contribution in [2.24, 2.45) is 5.41 Å². The minimum Gasteiger partial charge on any atom is -0.449 e. The molecule has 0 bridgehead atoms. The maximum atomic E-state index is 11.2. The molecule has 0 aliphatic heterocycles. The second-order valence-corrected chi connectivity index (χ2v) is 4.35. The third-order valence-electron chi connectivity index (χ3n) is 2.83. The number of hydrogen-bond acceptors (Lipinski definition) is 6. The zero-order valence-electron chi connectivity index (χ0n) is 12.6. The van der Waals surface area contributed by atoms with Gasteiger partial charge < -0.3 is 24.8 Å². The molecule has 0 aromatic heterocycles. The highest BCUT2D eigenvalue weighted by molar-refractivity contribution is 5.67. The van der Waals surface area contributed by atoms with Gasteiger partial charge in [-0.3, -0.25) is 5.32 Å². The summed E-state index contributed by atoms with van der Waals surface area (Å²) in [5, 5.41) is 7.60. The lowest BCUT2D eigenvalue weighted by Gasteiger charge is -2.31. The van der Waals surface area contributed by atoms with Gasteiger partial charge in [0.05, 0.1) is 18.8 Å². The van der Waals surface area contributed by atoms with E-state index in [1.54, 1.807) is 7.05 Å². The molecule has 0 saturated carbocycles. The first-order valence-electron chi connectivity index (χ1n) is 6.45.